The molecule has 0 bridgehead atoms. The van der Waals surface area contributed by atoms with Gasteiger partial charge < -0.3 is 0 Å². The molecule has 5 heteroatoms. The summed E-state index contributed by atoms with van der Waals surface area (Å²) in [7, 11) is 0. The Morgan fingerprint density at radius 3 is 3.05 bits per heavy atom. The topological polar surface area (TPSA) is 58.7 Å². The normalized spacial score (nSPS) is 12.7. The quantitative estimate of drug-likeness (QED) is 0.693. The Morgan fingerprint density at radius 2 is 2.19 bits per heavy atom. The average molecular weight is 293 g/mol. The molecule has 1 aliphatic carbocycles. The minimum Gasteiger partial charge on any atom is -0.285 e. The van der Waals surface area contributed by atoms with Crippen molar-refractivity contribution >= 4 is 21.6 Å². The van der Waals surface area contributed by atoms with Crippen LogP contribution in [-0.2, 0) is 19.4 Å². The highest BCUT2D eigenvalue weighted by Crippen LogP contribution is 2.41. The molecule has 0 amide bonds. The predicted molar refractivity (Wildman–Crippen MR) is 82.3 cm³/mol. The summed E-state index contributed by atoms with van der Waals surface area (Å²) in [6, 6.07) is 10.2. The third kappa shape index (κ3) is 1.73. The van der Waals surface area contributed by atoms with E-state index in [2.05, 4.69) is 17.1 Å². The fraction of sp³-hybridized carbons (Fsp3) is 0.188. The van der Waals surface area contributed by atoms with Crippen LogP contribution in [0.25, 0.3) is 21.3 Å². The molecule has 2 heterocycles. The van der Waals surface area contributed by atoms with Gasteiger partial charge in [-0.25, -0.2) is 4.98 Å². The van der Waals surface area contributed by atoms with Crippen LogP contribution in [0.2, 0.25) is 0 Å². The molecule has 0 saturated carbocycles. The Morgan fingerprint density at radius 1 is 1.33 bits per heavy atom. The zero-order chi connectivity index (χ0) is 14.4. The van der Waals surface area contributed by atoms with Crippen molar-refractivity contribution in [3.63, 3.8) is 0 Å². The lowest BCUT2D eigenvalue weighted by molar-refractivity contribution is 0.777. The van der Waals surface area contributed by atoms with Crippen LogP contribution in [0.3, 0.4) is 0 Å². The van der Waals surface area contributed by atoms with E-state index in [4.69, 9.17) is 5.26 Å². The molecule has 0 aliphatic heterocycles. The molecule has 0 radical (unpaired) electrons. The van der Waals surface area contributed by atoms with Crippen molar-refractivity contribution in [2.24, 2.45) is 0 Å². The third-order valence-corrected chi connectivity index (χ3v) is 5.06. The molecule has 3 aromatic rings. The summed E-state index contributed by atoms with van der Waals surface area (Å²) in [6.07, 6.45) is 3.43. The number of nitriles is 1. The number of rotatable bonds is 1. The van der Waals surface area contributed by atoms with Gasteiger partial charge in [0, 0.05) is 10.4 Å². The molecule has 0 atom stereocenters. The summed E-state index contributed by atoms with van der Waals surface area (Å²) in [5.41, 5.74) is 3.33. The summed E-state index contributed by atoms with van der Waals surface area (Å²) in [6.45, 7) is 0.0358. The van der Waals surface area contributed by atoms with Gasteiger partial charge in [-0.2, -0.15) is 5.26 Å². The van der Waals surface area contributed by atoms with Crippen LogP contribution < -0.4 is 5.56 Å². The first-order valence-electron chi connectivity index (χ1n) is 6.75. The molecule has 102 valence electrons. The highest BCUT2D eigenvalue weighted by Gasteiger charge is 2.23. The van der Waals surface area contributed by atoms with E-state index in [-0.39, 0.29) is 12.1 Å². The first-order valence-corrected chi connectivity index (χ1v) is 7.57. The Balaban J connectivity index is 2.11. The van der Waals surface area contributed by atoms with Gasteiger partial charge in [-0.1, -0.05) is 24.3 Å². The molecule has 0 spiro atoms. The van der Waals surface area contributed by atoms with Crippen molar-refractivity contribution < 1.29 is 0 Å². The minimum absolute atomic E-state index is 0.0358. The van der Waals surface area contributed by atoms with Gasteiger partial charge in [0.15, 0.2) is 0 Å². The Kier molecular flexibility index (Phi) is 2.66. The number of hydrogen-bond acceptors (Lipinski definition) is 4. The van der Waals surface area contributed by atoms with Crippen LogP contribution in [0, 0.1) is 11.3 Å². The first kappa shape index (κ1) is 12.3. The summed E-state index contributed by atoms with van der Waals surface area (Å²) in [4.78, 5) is 19.0. The SMILES string of the molecule is N#CCn1cnc2sc3c(c2c1=O)-c1ccccc1CC3. The van der Waals surface area contributed by atoms with Crippen LogP contribution in [0.4, 0.5) is 0 Å². The summed E-state index contributed by atoms with van der Waals surface area (Å²) >= 11 is 1.60. The van der Waals surface area contributed by atoms with E-state index in [1.54, 1.807) is 11.3 Å². The highest BCUT2D eigenvalue weighted by atomic mass is 32.1. The van der Waals surface area contributed by atoms with E-state index in [0.29, 0.717) is 5.39 Å². The molecule has 1 aromatic carbocycles. The Hall–Kier alpha value is -2.45. The van der Waals surface area contributed by atoms with Gasteiger partial charge >= 0.3 is 0 Å². The molecular formula is C16H11N3OS. The molecule has 0 unspecified atom stereocenters. The van der Waals surface area contributed by atoms with Crippen molar-refractivity contribution in [2.75, 3.05) is 0 Å². The number of nitrogens with zero attached hydrogens (tertiary/aromatic N) is 3. The van der Waals surface area contributed by atoms with Crippen LogP contribution in [0.5, 0.6) is 0 Å². The van der Waals surface area contributed by atoms with Crippen molar-refractivity contribution in [1.29, 1.82) is 5.26 Å². The standard InChI is InChI=1S/C16H11N3OS/c17-7-8-19-9-18-15-14(16(19)20)13-11-4-2-1-3-10(11)5-6-12(13)21-15/h1-4,9H,5-6,8H2. The lowest BCUT2D eigenvalue weighted by Crippen LogP contribution is -2.20. The monoisotopic (exact) mass is 293 g/mol. The number of hydrogen-bond donors (Lipinski definition) is 0. The number of benzene rings is 1. The van der Waals surface area contributed by atoms with E-state index in [9.17, 15) is 4.79 Å². The molecule has 4 rings (SSSR count). The molecule has 0 saturated heterocycles. The fourth-order valence-electron chi connectivity index (χ4n) is 2.95. The minimum atomic E-state index is -0.115. The molecule has 0 fully saturated rings. The molecule has 21 heavy (non-hydrogen) atoms. The van der Waals surface area contributed by atoms with Gasteiger partial charge in [0.1, 0.15) is 17.7 Å². The van der Waals surface area contributed by atoms with E-state index >= 15 is 0 Å². The van der Waals surface area contributed by atoms with E-state index < -0.39 is 0 Å². The van der Waals surface area contributed by atoms with Gasteiger partial charge in [0.05, 0.1) is 11.5 Å². The zero-order valence-corrected chi connectivity index (χ0v) is 12.0. The summed E-state index contributed by atoms with van der Waals surface area (Å²) < 4.78 is 1.38. The van der Waals surface area contributed by atoms with Gasteiger partial charge in [-0.3, -0.25) is 9.36 Å². The highest BCUT2D eigenvalue weighted by molar-refractivity contribution is 7.19. The molecule has 1 aliphatic rings. The lowest BCUT2D eigenvalue weighted by Gasteiger charge is -2.16. The summed E-state index contributed by atoms with van der Waals surface area (Å²) in [5, 5.41) is 9.49. The van der Waals surface area contributed by atoms with E-state index in [1.165, 1.54) is 21.3 Å². The maximum Gasteiger partial charge on any atom is 0.263 e. The van der Waals surface area contributed by atoms with Crippen molar-refractivity contribution in [3.8, 4) is 17.2 Å². The molecule has 4 nitrogen and oxygen atoms in total. The third-order valence-electron chi connectivity index (χ3n) is 3.90. The van der Waals surface area contributed by atoms with Crippen LogP contribution in [-0.4, -0.2) is 9.55 Å². The van der Waals surface area contributed by atoms with Gasteiger partial charge in [-0.05, 0) is 24.0 Å². The van der Waals surface area contributed by atoms with E-state index in [0.717, 1.165) is 28.8 Å². The molecular weight excluding hydrogens is 282 g/mol. The average Bonchev–Trinajstić information content (AvgIpc) is 2.90. The Labute approximate surface area is 124 Å². The fourth-order valence-corrected chi connectivity index (χ4v) is 4.10. The van der Waals surface area contributed by atoms with Crippen molar-refractivity contribution in [3.05, 3.63) is 51.4 Å². The van der Waals surface area contributed by atoms with Gasteiger partial charge in [0.25, 0.3) is 5.56 Å². The molecule has 2 aromatic heterocycles. The maximum atomic E-state index is 12.6. The summed E-state index contributed by atoms with van der Waals surface area (Å²) in [5.74, 6) is 0. The van der Waals surface area contributed by atoms with Gasteiger partial charge in [0.2, 0.25) is 0 Å². The van der Waals surface area contributed by atoms with Crippen molar-refractivity contribution in [2.45, 2.75) is 19.4 Å². The van der Waals surface area contributed by atoms with Crippen LogP contribution in [0.1, 0.15) is 10.4 Å². The number of aromatic nitrogens is 2. The van der Waals surface area contributed by atoms with Crippen LogP contribution >= 0.6 is 11.3 Å². The smallest absolute Gasteiger partial charge is 0.263 e. The Bertz CT molecular complexity index is 962. The maximum absolute atomic E-state index is 12.6. The number of aryl methyl sites for hydroxylation is 2. The second-order valence-corrected chi connectivity index (χ2v) is 6.16. The molecule has 0 N–H and O–H groups in total. The van der Waals surface area contributed by atoms with Crippen LogP contribution in [0.15, 0.2) is 35.4 Å². The van der Waals surface area contributed by atoms with Crippen molar-refractivity contribution in [1.82, 2.24) is 9.55 Å². The second kappa shape index (κ2) is 4.54. The second-order valence-electron chi connectivity index (χ2n) is 5.07. The lowest BCUT2D eigenvalue weighted by atomic mass is 9.89. The van der Waals surface area contributed by atoms with Gasteiger partial charge in [-0.15, -0.1) is 11.3 Å². The zero-order valence-electron chi connectivity index (χ0n) is 11.2. The first-order chi connectivity index (χ1) is 10.3. The predicted octanol–water partition coefficient (Wildman–Crippen LogP) is 2.75. The number of thiophene rings is 1. The number of fused-ring (bicyclic) bond motifs is 5. The largest absolute Gasteiger partial charge is 0.285 e. The van der Waals surface area contributed by atoms with E-state index in [1.807, 2.05) is 18.2 Å².